The molecule has 3 N–H and O–H groups in total. The molecule has 0 spiro atoms. The fourth-order valence-electron chi connectivity index (χ4n) is 4.43. The third-order valence-electron chi connectivity index (χ3n) is 6.61. The molecule has 230 valence electrons. The van der Waals surface area contributed by atoms with Crippen LogP contribution < -0.4 is 19.5 Å². The number of benzene rings is 4. The maximum absolute atomic E-state index is 13.3. The molecule has 10 nitrogen and oxygen atoms in total. The van der Waals surface area contributed by atoms with Crippen molar-refractivity contribution in [2.45, 2.75) is 17.9 Å². The van der Waals surface area contributed by atoms with E-state index in [-0.39, 0.29) is 40.9 Å². The molecule has 0 aliphatic rings. The monoisotopic (exact) mass is 645 g/mol. The van der Waals surface area contributed by atoms with Crippen molar-refractivity contribution in [3.8, 4) is 11.5 Å². The third-order valence-corrected chi connectivity index (χ3v) is 8.58. The quantitative estimate of drug-likeness (QED) is 0.148. The Morgan fingerprint density at radius 3 is 2.49 bits per heavy atom. The molecule has 1 aromatic heterocycles. The zero-order valence-corrected chi connectivity index (χ0v) is 25.3. The van der Waals surface area contributed by atoms with Crippen LogP contribution in [0.3, 0.4) is 0 Å². The first-order chi connectivity index (χ1) is 21.7. The Hall–Kier alpha value is -4.97. The number of para-hydroxylation sites is 1. The number of hydrogen-bond donors (Lipinski definition) is 3. The number of aliphatic carboxylic acids is 1. The number of sulfonamides is 1. The Bertz CT molecular complexity index is 1970. The lowest BCUT2D eigenvalue weighted by Crippen LogP contribution is -2.26. The molecule has 0 atom stereocenters. The van der Waals surface area contributed by atoms with E-state index in [2.05, 4.69) is 15.0 Å². The number of nitrogens with one attached hydrogen (secondary N) is 2. The molecule has 1 heterocycles. The second-order valence-corrected chi connectivity index (χ2v) is 12.0. The van der Waals surface area contributed by atoms with Gasteiger partial charge in [-0.25, -0.2) is 22.9 Å². The number of nitrogens with zero attached hydrogens (tertiary/aromatic N) is 1. The highest BCUT2D eigenvalue weighted by Gasteiger charge is 2.18. The Labute approximate surface area is 264 Å². The number of anilines is 1. The Kier molecular flexibility index (Phi) is 9.93. The van der Waals surface area contributed by atoms with Gasteiger partial charge in [-0.2, -0.15) is 0 Å². The minimum Gasteiger partial charge on any atom is -0.487 e. The van der Waals surface area contributed by atoms with E-state index < -0.39 is 28.5 Å². The van der Waals surface area contributed by atoms with Crippen LogP contribution in [0, 0.1) is 0 Å². The van der Waals surface area contributed by atoms with Crippen LogP contribution in [0.25, 0.3) is 10.9 Å². The number of carboxylic acids is 1. The molecule has 0 fully saturated rings. The van der Waals surface area contributed by atoms with Crippen molar-refractivity contribution in [3.63, 3.8) is 0 Å². The molecule has 45 heavy (non-hydrogen) atoms. The van der Waals surface area contributed by atoms with Crippen LogP contribution in [0.2, 0.25) is 5.02 Å². The molecule has 0 unspecified atom stereocenters. The highest BCUT2D eigenvalue weighted by Crippen LogP contribution is 2.28. The summed E-state index contributed by atoms with van der Waals surface area (Å²) in [5, 5.41) is 13.0. The number of ether oxygens (including phenoxy) is 2. The minimum absolute atomic E-state index is 0.0308. The summed E-state index contributed by atoms with van der Waals surface area (Å²) in [6.07, 6.45) is 0.262. The van der Waals surface area contributed by atoms with Gasteiger partial charge in [0.2, 0.25) is 10.0 Å². The molecule has 0 aliphatic carbocycles. The van der Waals surface area contributed by atoms with Gasteiger partial charge in [0.05, 0.1) is 21.9 Å². The smallest absolute Gasteiger partial charge is 0.341 e. The van der Waals surface area contributed by atoms with E-state index in [9.17, 15) is 18.0 Å². The number of amides is 1. The van der Waals surface area contributed by atoms with E-state index in [0.29, 0.717) is 16.9 Å². The lowest BCUT2D eigenvalue weighted by molar-refractivity contribution is -0.139. The van der Waals surface area contributed by atoms with Crippen molar-refractivity contribution in [1.82, 2.24) is 9.71 Å². The topological polar surface area (TPSA) is 144 Å². The predicted molar refractivity (Wildman–Crippen MR) is 170 cm³/mol. The highest BCUT2D eigenvalue weighted by molar-refractivity contribution is 7.89. The minimum atomic E-state index is -3.85. The number of carbonyl (C=O) groups excluding carboxylic acids is 1. The number of aromatic nitrogens is 1. The summed E-state index contributed by atoms with van der Waals surface area (Å²) in [5.74, 6) is -1.07. The van der Waals surface area contributed by atoms with E-state index in [1.54, 1.807) is 48.5 Å². The molecule has 5 aromatic rings. The van der Waals surface area contributed by atoms with E-state index in [1.165, 1.54) is 18.2 Å². The molecule has 0 bridgehead atoms. The molecule has 4 aromatic carbocycles. The summed E-state index contributed by atoms with van der Waals surface area (Å²) in [6.45, 7) is -0.376. The van der Waals surface area contributed by atoms with Crippen LogP contribution in [0.5, 0.6) is 11.5 Å². The average Bonchev–Trinajstić information content (AvgIpc) is 3.03. The van der Waals surface area contributed by atoms with Gasteiger partial charge in [-0.1, -0.05) is 60.1 Å². The van der Waals surface area contributed by atoms with Crippen molar-refractivity contribution in [2.75, 3.05) is 18.5 Å². The number of pyridine rings is 1. The summed E-state index contributed by atoms with van der Waals surface area (Å²) >= 11 is 6.04. The molecular formula is C33H28ClN3O7S. The van der Waals surface area contributed by atoms with Crippen LogP contribution >= 0.6 is 11.6 Å². The van der Waals surface area contributed by atoms with Gasteiger partial charge >= 0.3 is 5.97 Å². The molecule has 12 heteroatoms. The van der Waals surface area contributed by atoms with E-state index in [0.717, 1.165) is 16.6 Å². The Morgan fingerprint density at radius 2 is 1.67 bits per heavy atom. The summed E-state index contributed by atoms with van der Waals surface area (Å²) in [5.41, 5.74) is 2.76. The van der Waals surface area contributed by atoms with Gasteiger partial charge in [-0.15, -0.1) is 0 Å². The number of carboxylic acid groups (broad SMARTS) is 1. The summed E-state index contributed by atoms with van der Waals surface area (Å²) in [6, 6.07) is 29.1. The van der Waals surface area contributed by atoms with Crippen molar-refractivity contribution in [3.05, 3.63) is 125 Å². The number of fused-ring (bicyclic) bond motifs is 1. The van der Waals surface area contributed by atoms with Gasteiger partial charge in [0, 0.05) is 17.5 Å². The van der Waals surface area contributed by atoms with Crippen LogP contribution in [0.15, 0.2) is 108 Å². The van der Waals surface area contributed by atoms with Gasteiger partial charge in [0.1, 0.15) is 23.0 Å². The number of hydrogen-bond acceptors (Lipinski definition) is 7. The SMILES string of the molecule is O=C(O)COc1ccc(CCNS(=O)(=O)c2ccccc2Cl)cc1NC(=O)c1cccc(OCc2ccc3ccccc3n2)c1. The molecular weight excluding hydrogens is 618 g/mol. The first-order valence-electron chi connectivity index (χ1n) is 13.8. The molecule has 5 rings (SSSR count). The van der Waals surface area contributed by atoms with Gasteiger partial charge in [0.25, 0.3) is 5.91 Å². The summed E-state index contributed by atoms with van der Waals surface area (Å²) in [7, 11) is -3.85. The highest BCUT2D eigenvalue weighted by atomic mass is 35.5. The van der Waals surface area contributed by atoms with Crippen molar-refractivity contribution in [1.29, 1.82) is 0 Å². The first-order valence-corrected chi connectivity index (χ1v) is 15.6. The van der Waals surface area contributed by atoms with Crippen molar-refractivity contribution >= 4 is 50.1 Å². The van der Waals surface area contributed by atoms with Crippen molar-refractivity contribution < 1.29 is 32.6 Å². The standard InChI is InChI=1S/C33H28ClN3O7S/c34-27-9-2-4-11-31(27)45(41,42)35-17-16-22-12-15-30(44-21-32(38)39)29(18-22)37-33(40)24-7-5-8-26(19-24)43-20-25-14-13-23-6-1-3-10-28(23)36-25/h1-15,18-19,35H,16-17,20-21H2,(H,37,40)(H,38,39). The molecule has 0 radical (unpaired) electrons. The van der Waals surface area contributed by atoms with Crippen LogP contribution in [0.1, 0.15) is 21.6 Å². The van der Waals surface area contributed by atoms with Gasteiger partial charge in [0.15, 0.2) is 6.61 Å². The number of carbonyl (C=O) groups is 2. The van der Waals surface area contributed by atoms with Gasteiger partial charge in [-0.05, 0) is 66.6 Å². The molecule has 0 saturated heterocycles. The largest absolute Gasteiger partial charge is 0.487 e. The zero-order valence-electron chi connectivity index (χ0n) is 23.8. The Morgan fingerprint density at radius 1 is 0.867 bits per heavy atom. The maximum Gasteiger partial charge on any atom is 0.341 e. The van der Waals surface area contributed by atoms with Crippen molar-refractivity contribution in [2.24, 2.45) is 0 Å². The van der Waals surface area contributed by atoms with Crippen LogP contribution in [0.4, 0.5) is 5.69 Å². The number of halogens is 1. The normalized spacial score (nSPS) is 11.2. The van der Waals surface area contributed by atoms with Crippen LogP contribution in [-0.2, 0) is 27.8 Å². The van der Waals surface area contributed by atoms with Gasteiger partial charge in [-0.3, -0.25) is 4.79 Å². The fourth-order valence-corrected chi connectivity index (χ4v) is 5.98. The second kappa shape index (κ2) is 14.2. The first kappa shape index (κ1) is 31.5. The Balaban J connectivity index is 1.27. The molecule has 0 aliphatic heterocycles. The molecule has 0 saturated carbocycles. The fraction of sp³-hybridized carbons (Fsp3) is 0.121. The third kappa shape index (κ3) is 8.36. The second-order valence-electron chi connectivity index (χ2n) is 9.86. The summed E-state index contributed by atoms with van der Waals surface area (Å²) in [4.78, 5) is 29.0. The summed E-state index contributed by atoms with van der Waals surface area (Å²) < 4.78 is 39.2. The zero-order chi connectivity index (χ0) is 31.8. The average molecular weight is 646 g/mol. The van der Waals surface area contributed by atoms with E-state index in [4.69, 9.17) is 26.2 Å². The molecule has 1 amide bonds. The van der Waals surface area contributed by atoms with E-state index >= 15 is 0 Å². The van der Waals surface area contributed by atoms with E-state index in [1.807, 2.05) is 36.4 Å². The number of rotatable bonds is 13. The predicted octanol–water partition coefficient (Wildman–Crippen LogP) is 5.70. The maximum atomic E-state index is 13.3. The van der Waals surface area contributed by atoms with Crippen LogP contribution in [-0.4, -0.2) is 43.5 Å². The lowest BCUT2D eigenvalue weighted by Gasteiger charge is -2.14. The van der Waals surface area contributed by atoms with Gasteiger partial charge < -0.3 is 19.9 Å². The lowest BCUT2D eigenvalue weighted by atomic mass is 10.1.